The van der Waals surface area contributed by atoms with Crippen molar-refractivity contribution < 1.29 is 9.90 Å². The highest BCUT2D eigenvalue weighted by molar-refractivity contribution is 5.81. The molecule has 0 aliphatic heterocycles. The lowest BCUT2D eigenvalue weighted by molar-refractivity contribution is -0.143. The summed E-state index contributed by atoms with van der Waals surface area (Å²) in [6, 6.07) is 18.0. The molecule has 1 unspecified atom stereocenters. The molecule has 108 valence electrons. The van der Waals surface area contributed by atoms with E-state index in [1.165, 1.54) is 18.4 Å². The molecular weight excluding hydrogens is 260 g/mol. The third-order valence-electron chi connectivity index (χ3n) is 4.47. The molecule has 1 atom stereocenters. The molecule has 2 nitrogen and oxygen atoms in total. The number of hydrogen-bond donors (Lipinski definition) is 1. The van der Waals surface area contributed by atoms with E-state index in [9.17, 15) is 9.90 Å². The highest BCUT2D eigenvalue weighted by Crippen LogP contribution is 2.40. The van der Waals surface area contributed by atoms with Crippen molar-refractivity contribution in [3.05, 3.63) is 71.3 Å². The Morgan fingerprint density at radius 2 is 1.71 bits per heavy atom. The van der Waals surface area contributed by atoms with Gasteiger partial charge < -0.3 is 5.11 Å². The Bertz CT molecular complexity index is 626. The first-order valence-corrected chi connectivity index (χ1v) is 7.47. The van der Waals surface area contributed by atoms with Crippen molar-refractivity contribution in [2.75, 3.05) is 0 Å². The summed E-state index contributed by atoms with van der Waals surface area (Å²) in [5.41, 5.74) is 2.38. The van der Waals surface area contributed by atoms with Crippen LogP contribution in [0.15, 0.2) is 54.6 Å². The van der Waals surface area contributed by atoms with Crippen LogP contribution in [-0.2, 0) is 16.6 Å². The Kier molecular flexibility index (Phi) is 3.54. The molecule has 1 aliphatic carbocycles. The predicted molar refractivity (Wildman–Crippen MR) is 83.6 cm³/mol. The quantitative estimate of drug-likeness (QED) is 0.893. The summed E-state index contributed by atoms with van der Waals surface area (Å²) in [6.07, 6.45) is 3.03. The summed E-state index contributed by atoms with van der Waals surface area (Å²) in [5, 5.41) is 9.74. The Balaban J connectivity index is 1.90. The largest absolute Gasteiger partial charge is 0.481 e. The lowest BCUT2D eigenvalue weighted by atomic mass is 9.77. The number of carboxylic acid groups (broad SMARTS) is 1. The van der Waals surface area contributed by atoms with Crippen LogP contribution in [-0.4, -0.2) is 11.1 Å². The smallest absolute Gasteiger partial charge is 0.314 e. The van der Waals surface area contributed by atoms with Crippen LogP contribution in [0.4, 0.5) is 0 Å². The fourth-order valence-corrected chi connectivity index (χ4v) is 2.85. The number of benzene rings is 2. The van der Waals surface area contributed by atoms with Gasteiger partial charge in [-0.15, -0.1) is 0 Å². The molecule has 3 rings (SSSR count). The molecule has 0 heterocycles. The maximum absolute atomic E-state index is 11.9. The standard InChI is InChI=1S/C19H20O2/c1-19(18(20)21,13-14-5-3-2-4-6-14)17-11-9-16(10-12-17)15-7-8-15/h2-6,9-12,15H,7-8,13H2,1H3,(H,20,21). The lowest BCUT2D eigenvalue weighted by Crippen LogP contribution is -2.34. The molecule has 1 saturated carbocycles. The molecule has 1 N–H and O–H groups in total. The van der Waals surface area contributed by atoms with Crippen LogP contribution in [0.3, 0.4) is 0 Å². The number of carboxylic acids is 1. The minimum atomic E-state index is -0.885. The highest BCUT2D eigenvalue weighted by atomic mass is 16.4. The number of carbonyl (C=O) groups is 1. The second-order valence-corrected chi connectivity index (χ2v) is 6.20. The first-order valence-electron chi connectivity index (χ1n) is 7.47. The summed E-state index contributed by atoms with van der Waals surface area (Å²) in [4.78, 5) is 11.9. The van der Waals surface area contributed by atoms with E-state index < -0.39 is 11.4 Å². The van der Waals surface area contributed by atoms with Gasteiger partial charge in [0.1, 0.15) is 0 Å². The average Bonchev–Trinajstić information content (AvgIpc) is 3.33. The Hall–Kier alpha value is -2.09. The van der Waals surface area contributed by atoms with E-state index in [-0.39, 0.29) is 0 Å². The maximum Gasteiger partial charge on any atom is 0.314 e. The normalized spacial score (nSPS) is 17.2. The van der Waals surface area contributed by atoms with Crippen molar-refractivity contribution in [3.63, 3.8) is 0 Å². The Labute approximate surface area is 125 Å². The Morgan fingerprint density at radius 1 is 1.10 bits per heavy atom. The van der Waals surface area contributed by atoms with E-state index >= 15 is 0 Å². The summed E-state index contributed by atoms with van der Waals surface area (Å²) in [5.74, 6) is -0.0743. The van der Waals surface area contributed by atoms with E-state index in [1.54, 1.807) is 0 Å². The van der Waals surface area contributed by atoms with Crippen LogP contribution < -0.4 is 0 Å². The first kappa shape index (κ1) is 13.9. The second-order valence-electron chi connectivity index (χ2n) is 6.20. The van der Waals surface area contributed by atoms with Crippen molar-refractivity contribution in [1.29, 1.82) is 0 Å². The SMILES string of the molecule is CC(Cc1ccccc1)(C(=O)O)c1ccc(C2CC2)cc1. The van der Waals surface area contributed by atoms with Crippen molar-refractivity contribution in [1.82, 2.24) is 0 Å². The van der Waals surface area contributed by atoms with Crippen LogP contribution in [0.25, 0.3) is 0 Å². The van der Waals surface area contributed by atoms with Crippen LogP contribution >= 0.6 is 0 Å². The summed E-state index contributed by atoms with van der Waals surface area (Å²) in [6.45, 7) is 1.81. The molecule has 2 aromatic carbocycles. The van der Waals surface area contributed by atoms with Crippen molar-refractivity contribution >= 4 is 5.97 Å². The van der Waals surface area contributed by atoms with Gasteiger partial charge in [-0.2, -0.15) is 0 Å². The van der Waals surface area contributed by atoms with Gasteiger partial charge in [-0.1, -0.05) is 54.6 Å². The highest BCUT2D eigenvalue weighted by Gasteiger charge is 2.35. The van der Waals surface area contributed by atoms with E-state index in [1.807, 2.05) is 49.4 Å². The van der Waals surface area contributed by atoms with Crippen LogP contribution in [0.2, 0.25) is 0 Å². The third-order valence-corrected chi connectivity index (χ3v) is 4.47. The third kappa shape index (κ3) is 2.85. The zero-order valence-corrected chi connectivity index (χ0v) is 12.3. The number of rotatable bonds is 5. The molecule has 1 fully saturated rings. The van der Waals surface area contributed by atoms with Crippen molar-refractivity contribution in [2.45, 2.75) is 37.5 Å². The van der Waals surface area contributed by atoms with E-state index in [0.29, 0.717) is 12.3 Å². The minimum Gasteiger partial charge on any atom is -0.481 e. The summed E-state index contributed by atoms with van der Waals surface area (Å²) in [7, 11) is 0. The first-order chi connectivity index (χ1) is 10.1. The number of aliphatic carboxylic acids is 1. The summed E-state index contributed by atoms with van der Waals surface area (Å²) < 4.78 is 0. The second kappa shape index (κ2) is 5.36. The van der Waals surface area contributed by atoms with Gasteiger partial charge in [0, 0.05) is 0 Å². The molecule has 1 aliphatic rings. The summed E-state index contributed by atoms with van der Waals surface area (Å²) >= 11 is 0. The van der Waals surface area contributed by atoms with Gasteiger partial charge in [-0.05, 0) is 48.8 Å². The molecule has 2 heteroatoms. The number of hydrogen-bond acceptors (Lipinski definition) is 1. The van der Waals surface area contributed by atoms with Gasteiger partial charge in [0.25, 0.3) is 0 Å². The van der Waals surface area contributed by atoms with E-state index in [4.69, 9.17) is 0 Å². The maximum atomic E-state index is 11.9. The van der Waals surface area contributed by atoms with E-state index in [2.05, 4.69) is 12.1 Å². The molecule has 0 saturated heterocycles. The fraction of sp³-hybridized carbons (Fsp3) is 0.316. The molecule has 0 amide bonds. The van der Waals surface area contributed by atoms with Crippen LogP contribution in [0.1, 0.15) is 42.4 Å². The van der Waals surface area contributed by atoms with Crippen molar-refractivity contribution in [3.8, 4) is 0 Å². The monoisotopic (exact) mass is 280 g/mol. The van der Waals surface area contributed by atoms with Crippen LogP contribution in [0, 0.1) is 0 Å². The molecule has 0 radical (unpaired) electrons. The Morgan fingerprint density at radius 3 is 2.24 bits per heavy atom. The average molecular weight is 280 g/mol. The van der Waals surface area contributed by atoms with Gasteiger partial charge in [0.05, 0.1) is 5.41 Å². The van der Waals surface area contributed by atoms with Gasteiger partial charge in [-0.3, -0.25) is 4.79 Å². The molecular formula is C19H20O2. The van der Waals surface area contributed by atoms with Gasteiger partial charge >= 0.3 is 5.97 Å². The van der Waals surface area contributed by atoms with Gasteiger partial charge in [0.2, 0.25) is 0 Å². The van der Waals surface area contributed by atoms with Gasteiger partial charge in [0.15, 0.2) is 0 Å². The minimum absolute atomic E-state index is 0.506. The van der Waals surface area contributed by atoms with Crippen molar-refractivity contribution in [2.24, 2.45) is 0 Å². The molecule has 21 heavy (non-hydrogen) atoms. The zero-order valence-electron chi connectivity index (χ0n) is 12.3. The topological polar surface area (TPSA) is 37.3 Å². The zero-order chi connectivity index (χ0) is 14.9. The fourth-order valence-electron chi connectivity index (χ4n) is 2.85. The van der Waals surface area contributed by atoms with Gasteiger partial charge in [-0.25, -0.2) is 0 Å². The van der Waals surface area contributed by atoms with E-state index in [0.717, 1.165) is 11.1 Å². The van der Waals surface area contributed by atoms with Crippen LogP contribution in [0.5, 0.6) is 0 Å². The molecule has 0 spiro atoms. The molecule has 2 aromatic rings. The lowest BCUT2D eigenvalue weighted by Gasteiger charge is -2.26. The predicted octanol–water partition coefficient (Wildman–Crippen LogP) is 4.15. The molecule has 0 bridgehead atoms. The molecule has 0 aromatic heterocycles.